The third-order valence-corrected chi connectivity index (χ3v) is 3.16. The van der Waals surface area contributed by atoms with Crippen LogP contribution in [0.3, 0.4) is 0 Å². The number of rotatable bonds is 6. The van der Waals surface area contributed by atoms with Gasteiger partial charge in [0.05, 0.1) is 18.6 Å². The lowest BCUT2D eigenvalue weighted by molar-refractivity contribution is -0.147. The van der Waals surface area contributed by atoms with Gasteiger partial charge in [-0.25, -0.2) is 5.10 Å². The fourth-order valence-corrected chi connectivity index (χ4v) is 2.12. The number of amides is 1. The number of aromatic nitrogens is 2. The lowest BCUT2D eigenvalue weighted by Crippen LogP contribution is -2.32. The van der Waals surface area contributed by atoms with Crippen molar-refractivity contribution in [3.8, 4) is 0 Å². The Morgan fingerprint density at radius 2 is 1.88 bits per heavy atom. The van der Waals surface area contributed by atoms with Crippen molar-refractivity contribution in [2.24, 2.45) is 0 Å². The molecule has 0 radical (unpaired) electrons. The first-order chi connectivity index (χ1) is 11.5. The van der Waals surface area contributed by atoms with Crippen molar-refractivity contribution >= 4 is 11.9 Å². The molecule has 0 fully saturated rings. The number of H-pyrrole nitrogens is 1. The summed E-state index contributed by atoms with van der Waals surface area (Å²) < 4.78 is 5.15. The van der Waals surface area contributed by atoms with Crippen LogP contribution < -0.4 is 10.9 Å². The summed E-state index contributed by atoms with van der Waals surface area (Å²) in [6.45, 7) is 3.52. The van der Waals surface area contributed by atoms with Crippen LogP contribution in [0.25, 0.3) is 0 Å². The minimum absolute atomic E-state index is 0.00269. The average Bonchev–Trinajstić information content (AvgIpc) is 2.55. The van der Waals surface area contributed by atoms with E-state index in [-0.39, 0.29) is 18.2 Å². The van der Waals surface area contributed by atoms with Crippen LogP contribution in [0.2, 0.25) is 0 Å². The molecule has 0 aliphatic carbocycles. The monoisotopic (exact) mass is 329 g/mol. The molecule has 1 aromatic heterocycles. The minimum Gasteiger partial charge on any atom is -0.463 e. The molecule has 1 unspecified atom stereocenters. The van der Waals surface area contributed by atoms with E-state index in [1.807, 2.05) is 30.3 Å². The molecule has 0 aliphatic heterocycles. The molecule has 1 amide bonds. The van der Waals surface area contributed by atoms with E-state index < -0.39 is 23.5 Å². The maximum atomic E-state index is 12.3. The van der Waals surface area contributed by atoms with Gasteiger partial charge >= 0.3 is 5.97 Å². The van der Waals surface area contributed by atoms with E-state index in [1.54, 1.807) is 13.8 Å². The summed E-state index contributed by atoms with van der Waals surface area (Å²) in [4.78, 5) is 35.3. The average molecular weight is 329 g/mol. The summed E-state index contributed by atoms with van der Waals surface area (Å²) >= 11 is 0. The third kappa shape index (κ3) is 5.05. The molecular formula is C17H19N3O4. The number of carbonyl (C=O) groups excluding carboxylic acids is 2. The third-order valence-electron chi connectivity index (χ3n) is 3.16. The van der Waals surface area contributed by atoms with E-state index >= 15 is 0 Å². The van der Waals surface area contributed by atoms with Crippen molar-refractivity contribution in [1.29, 1.82) is 0 Å². The normalized spacial score (nSPS) is 11.8. The Balaban J connectivity index is 2.16. The molecule has 1 atom stereocenters. The van der Waals surface area contributed by atoms with E-state index in [1.165, 1.54) is 12.1 Å². The molecule has 24 heavy (non-hydrogen) atoms. The van der Waals surface area contributed by atoms with Gasteiger partial charge in [0.1, 0.15) is 5.69 Å². The Labute approximate surface area is 139 Å². The zero-order valence-electron chi connectivity index (χ0n) is 13.5. The molecule has 1 heterocycles. The number of nitrogens with one attached hydrogen (secondary N) is 2. The van der Waals surface area contributed by atoms with Gasteiger partial charge in [0.2, 0.25) is 0 Å². The second-order valence-electron chi connectivity index (χ2n) is 5.49. The largest absolute Gasteiger partial charge is 0.463 e. The number of benzene rings is 1. The quantitative estimate of drug-likeness (QED) is 0.784. The van der Waals surface area contributed by atoms with Gasteiger partial charge in [0.15, 0.2) is 0 Å². The SMILES string of the molecule is CC(C)OC(=O)CC(NC(=O)c1ccc(=O)[nH]n1)c1ccccc1. The van der Waals surface area contributed by atoms with Gasteiger partial charge in [0, 0.05) is 6.07 Å². The van der Waals surface area contributed by atoms with Crippen LogP contribution in [0.15, 0.2) is 47.3 Å². The maximum Gasteiger partial charge on any atom is 0.308 e. The van der Waals surface area contributed by atoms with Crippen LogP contribution in [0.1, 0.15) is 42.4 Å². The van der Waals surface area contributed by atoms with Crippen LogP contribution in [-0.2, 0) is 9.53 Å². The van der Waals surface area contributed by atoms with Crippen LogP contribution in [0.5, 0.6) is 0 Å². The first-order valence-electron chi connectivity index (χ1n) is 7.56. The zero-order chi connectivity index (χ0) is 17.5. The molecule has 2 N–H and O–H groups in total. The second-order valence-corrected chi connectivity index (χ2v) is 5.49. The first-order valence-corrected chi connectivity index (χ1v) is 7.56. The topological polar surface area (TPSA) is 101 Å². The zero-order valence-corrected chi connectivity index (χ0v) is 13.5. The highest BCUT2D eigenvalue weighted by Gasteiger charge is 2.21. The molecule has 7 heteroatoms. The van der Waals surface area contributed by atoms with Crippen molar-refractivity contribution in [3.05, 3.63) is 64.1 Å². The molecule has 0 bridgehead atoms. The van der Waals surface area contributed by atoms with Gasteiger partial charge in [-0.1, -0.05) is 30.3 Å². The number of ether oxygens (including phenoxy) is 1. The molecule has 0 saturated heterocycles. The summed E-state index contributed by atoms with van der Waals surface area (Å²) in [5, 5.41) is 8.64. The van der Waals surface area contributed by atoms with Gasteiger partial charge in [-0.3, -0.25) is 14.4 Å². The summed E-state index contributed by atoms with van der Waals surface area (Å²) in [5.74, 6) is -0.897. The Kier molecular flexibility index (Phi) is 5.83. The van der Waals surface area contributed by atoms with E-state index in [2.05, 4.69) is 15.5 Å². The fourth-order valence-electron chi connectivity index (χ4n) is 2.12. The minimum atomic E-state index is -0.557. The highest BCUT2D eigenvalue weighted by atomic mass is 16.5. The Morgan fingerprint density at radius 3 is 2.46 bits per heavy atom. The Hall–Kier alpha value is -2.96. The van der Waals surface area contributed by atoms with E-state index in [4.69, 9.17) is 4.74 Å². The molecule has 1 aromatic carbocycles. The van der Waals surface area contributed by atoms with Crippen molar-refractivity contribution in [1.82, 2.24) is 15.5 Å². The van der Waals surface area contributed by atoms with E-state index in [9.17, 15) is 14.4 Å². The van der Waals surface area contributed by atoms with Gasteiger partial charge in [0.25, 0.3) is 11.5 Å². The molecule has 2 rings (SSSR count). The Bertz CT molecular complexity index is 735. The summed E-state index contributed by atoms with van der Waals surface area (Å²) in [7, 11) is 0. The van der Waals surface area contributed by atoms with Gasteiger partial charge in [-0.05, 0) is 25.5 Å². The van der Waals surface area contributed by atoms with Crippen molar-refractivity contribution in [3.63, 3.8) is 0 Å². The second kappa shape index (κ2) is 8.05. The number of esters is 1. The first kappa shape index (κ1) is 17.4. The van der Waals surface area contributed by atoms with Gasteiger partial charge < -0.3 is 10.1 Å². The standard InChI is InChI=1S/C17H19N3O4/c1-11(2)24-16(22)10-14(12-6-4-3-5-7-12)18-17(23)13-8-9-15(21)20-19-13/h3-9,11,14H,10H2,1-2H3,(H,18,23)(H,20,21). The Morgan fingerprint density at radius 1 is 1.17 bits per heavy atom. The molecule has 7 nitrogen and oxygen atoms in total. The van der Waals surface area contributed by atoms with Crippen molar-refractivity contribution in [2.45, 2.75) is 32.4 Å². The van der Waals surface area contributed by atoms with Gasteiger partial charge in [-0.15, -0.1) is 0 Å². The predicted molar refractivity (Wildman–Crippen MR) is 87.4 cm³/mol. The maximum absolute atomic E-state index is 12.3. The van der Waals surface area contributed by atoms with Gasteiger partial charge in [-0.2, -0.15) is 5.10 Å². The van der Waals surface area contributed by atoms with Crippen LogP contribution in [0.4, 0.5) is 0 Å². The number of aromatic amines is 1. The van der Waals surface area contributed by atoms with E-state index in [0.717, 1.165) is 5.56 Å². The lowest BCUT2D eigenvalue weighted by Gasteiger charge is -2.19. The molecule has 126 valence electrons. The fraction of sp³-hybridized carbons (Fsp3) is 0.294. The lowest BCUT2D eigenvalue weighted by atomic mass is 10.0. The van der Waals surface area contributed by atoms with Crippen LogP contribution in [0, 0.1) is 0 Å². The predicted octanol–water partition coefficient (Wildman–Crippen LogP) is 1.58. The molecular weight excluding hydrogens is 310 g/mol. The van der Waals surface area contributed by atoms with Crippen LogP contribution >= 0.6 is 0 Å². The summed E-state index contributed by atoms with van der Waals surface area (Å²) in [6, 6.07) is 11.1. The smallest absolute Gasteiger partial charge is 0.308 e. The van der Waals surface area contributed by atoms with Crippen molar-refractivity contribution < 1.29 is 14.3 Å². The molecule has 2 aromatic rings. The highest BCUT2D eigenvalue weighted by molar-refractivity contribution is 5.92. The highest BCUT2D eigenvalue weighted by Crippen LogP contribution is 2.18. The molecule has 0 saturated carbocycles. The number of nitrogens with zero attached hydrogens (tertiary/aromatic N) is 1. The summed E-state index contributed by atoms with van der Waals surface area (Å²) in [5.41, 5.74) is 0.440. The van der Waals surface area contributed by atoms with Crippen LogP contribution in [-0.4, -0.2) is 28.2 Å². The molecule has 0 spiro atoms. The number of hydrogen-bond donors (Lipinski definition) is 2. The number of carbonyl (C=O) groups is 2. The number of hydrogen-bond acceptors (Lipinski definition) is 5. The van der Waals surface area contributed by atoms with Crippen molar-refractivity contribution in [2.75, 3.05) is 0 Å². The molecule has 0 aliphatic rings. The summed E-state index contributed by atoms with van der Waals surface area (Å²) in [6.07, 6.45) is -0.234. The van der Waals surface area contributed by atoms with E-state index in [0.29, 0.717) is 0 Å².